The Hall–Kier alpha value is -0.740. The number of benzene rings is 1. The Morgan fingerprint density at radius 2 is 1.84 bits per heavy atom. The Morgan fingerprint density at radius 3 is 2.42 bits per heavy atom. The van der Waals surface area contributed by atoms with Gasteiger partial charge in [0.15, 0.2) is 9.58 Å². The van der Waals surface area contributed by atoms with Crippen molar-refractivity contribution in [2.75, 3.05) is 0 Å². The summed E-state index contributed by atoms with van der Waals surface area (Å²) >= 11 is 0. The lowest BCUT2D eigenvalue weighted by Crippen LogP contribution is -1.98. The van der Waals surface area contributed by atoms with Gasteiger partial charge in [0, 0.05) is 17.9 Å². The summed E-state index contributed by atoms with van der Waals surface area (Å²) in [5, 5.41) is 0.752. The second kappa shape index (κ2) is 6.14. The highest BCUT2D eigenvalue weighted by atomic mass is 35.5. The number of unbranched alkanes of at least 4 members (excludes halogenated alkanes) is 1. The van der Waals surface area contributed by atoms with Crippen LogP contribution >= 0.6 is 22.9 Å². The molecule has 1 aromatic heterocycles. The zero-order valence-corrected chi connectivity index (χ0v) is 12.5. The van der Waals surface area contributed by atoms with E-state index in [-0.39, 0.29) is 12.4 Å². The maximum Gasteiger partial charge on any atom is 0.600 e. The summed E-state index contributed by atoms with van der Waals surface area (Å²) in [6.45, 7) is 3.91. The van der Waals surface area contributed by atoms with Gasteiger partial charge in [-0.1, -0.05) is 25.0 Å². The number of rotatable bonds is 3. The zero-order valence-electron chi connectivity index (χ0n) is 10.9. The Bertz CT molecular complexity index is 558. The maximum atomic E-state index is 13.2. The summed E-state index contributed by atoms with van der Waals surface area (Å²) in [5.74, 6) is 0. The van der Waals surface area contributed by atoms with Gasteiger partial charge in [0.05, 0.1) is 10.5 Å². The molecule has 0 saturated carbocycles. The molecule has 0 nitrogen and oxygen atoms in total. The second-order valence-electron chi connectivity index (χ2n) is 4.51. The van der Waals surface area contributed by atoms with Crippen LogP contribution < -0.4 is 0 Å². The topological polar surface area (TPSA) is 0 Å². The molecule has 1 heterocycles. The maximum absolute atomic E-state index is 13.2. The fourth-order valence-electron chi connectivity index (χ4n) is 2.14. The first-order valence-corrected chi connectivity index (χ1v) is 7.28. The summed E-state index contributed by atoms with van der Waals surface area (Å²) in [4.78, 5) is 0.546. The smallest absolute Gasteiger partial charge is 0.147 e. The van der Waals surface area contributed by atoms with Gasteiger partial charge >= 0.3 is 5.51 Å². The van der Waals surface area contributed by atoms with Crippen molar-refractivity contribution in [1.82, 2.24) is 0 Å². The average Bonchev–Trinajstić information content (AvgIpc) is 2.63. The molecule has 0 amide bonds. The number of hydrogen-bond acceptors (Lipinski definition) is 0. The predicted octanol–water partition coefficient (Wildman–Crippen LogP) is 6.14. The molecule has 0 N–H and O–H groups in total. The third kappa shape index (κ3) is 3.42. The van der Waals surface area contributed by atoms with Gasteiger partial charge in [-0.25, -0.2) is 0 Å². The normalized spacial score (nSPS) is 12.6. The van der Waals surface area contributed by atoms with Crippen LogP contribution in [-0.2, 0) is 11.9 Å². The minimum absolute atomic E-state index is 0. The third-order valence-corrected chi connectivity index (χ3v) is 5.09. The van der Waals surface area contributed by atoms with E-state index in [4.69, 9.17) is 0 Å². The highest BCUT2D eigenvalue weighted by molar-refractivity contribution is 7.38. The molecule has 106 valence electrons. The summed E-state index contributed by atoms with van der Waals surface area (Å²) in [6.07, 6.45) is 2.28. The van der Waals surface area contributed by atoms with Crippen LogP contribution in [-0.4, -0.2) is 0 Å². The van der Waals surface area contributed by atoms with Crippen LogP contribution in [0.2, 0.25) is 0 Å². The molecule has 0 aliphatic rings. The van der Waals surface area contributed by atoms with Crippen molar-refractivity contribution in [3.8, 4) is 0 Å². The number of fused-ring (bicyclic) bond motifs is 1. The molecule has 0 spiro atoms. The number of alkyl halides is 3. The Labute approximate surface area is 120 Å². The van der Waals surface area contributed by atoms with Crippen molar-refractivity contribution in [2.45, 2.75) is 38.6 Å². The Kier molecular flexibility index (Phi) is 5.27. The van der Waals surface area contributed by atoms with Crippen LogP contribution in [0.25, 0.3) is 10.1 Å². The van der Waals surface area contributed by atoms with E-state index in [9.17, 15) is 13.2 Å². The van der Waals surface area contributed by atoms with Crippen molar-refractivity contribution in [3.05, 3.63) is 34.7 Å². The Morgan fingerprint density at radius 1 is 1.16 bits per heavy atom. The van der Waals surface area contributed by atoms with Gasteiger partial charge in [-0.15, -0.1) is 25.6 Å². The molecule has 1 aromatic carbocycles. The second-order valence-corrected chi connectivity index (χ2v) is 6.55. The zero-order chi connectivity index (χ0) is 13.3. The number of aryl methyl sites for hydroxylation is 2. The molecule has 0 fully saturated rings. The lowest BCUT2D eigenvalue weighted by molar-refractivity contribution is -0.0867. The monoisotopic (exact) mass is 309 g/mol. The molecule has 0 saturated heterocycles. The standard InChI is InChI=1S/C14H16F3S.ClH/c1-3-4-5-12-9-11-8-10(2)6-7-13(11)18(12)14(15,16)17;/h6-9H,3-5H2,1-2H3;1H/q+1;. The first-order chi connectivity index (χ1) is 8.43. The van der Waals surface area contributed by atoms with E-state index in [0.717, 1.165) is 23.8 Å². The fourth-order valence-corrected chi connectivity index (χ4v) is 4.12. The third-order valence-electron chi connectivity index (χ3n) is 2.97. The first-order valence-electron chi connectivity index (χ1n) is 6.06. The van der Waals surface area contributed by atoms with Gasteiger partial charge in [-0.2, -0.15) is 0 Å². The van der Waals surface area contributed by atoms with E-state index >= 15 is 0 Å². The van der Waals surface area contributed by atoms with E-state index in [1.165, 1.54) is 0 Å². The van der Waals surface area contributed by atoms with Crippen molar-refractivity contribution in [2.24, 2.45) is 0 Å². The van der Waals surface area contributed by atoms with E-state index in [1.54, 1.807) is 18.2 Å². The lowest BCUT2D eigenvalue weighted by Gasteiger charge is -1.99. The van der Waals surface area contributed by atoms with Crippen molar-refractivity contribution in [1.29, 1.82) is 0 Å². The van der Waals surface area contributed by atoms with Crippen molar-refractivity contribution >= 4 is 33.0 Å². The minimum Gasteiger partial charge on any atom is -0.147 e. The SMILES string of the molecule is CCCCc1cc2cc(C)ccc2[s+]1C(F)(F)F.Cl. The van der Waals surface area contributed by atoms with Gasteiger partial charge in [0.25, 0.3) is 0 Å². The largest absolute Gasteiger partial charge is 0.600 e. The van der Waals surface area contributed by atoms with Crippen molar-refractivity contribution in [3.63, 3.8) is 0 Å². The quantitative estimate of drug-likeness (QED) is 0.597. The number of halogens is 4. The Balaban J connectivity index is 0.00000180. The van der Waals surface area contributed by atoms with E-state index in [0.29, 0.717) is 16.0 Å². The summed E-state index contributed by atoms with van der Waals surface area (Å²) in [5.41, 5.74) is -3.15. The molecule has 19 heavy (non-hydrogen) atoms. The van der Waals surface area contributed by atoms with Crippen LogP contribution in [0.15, 0.2) is 24.3 Å². The summed E-state index contributed by atoms with van der Waals surface area (Å²) < 4.78 is 40.0. The number of thiophene rings is 1. The molecule has 1 unspecified atom stereocenters. The molecule has 1 atom stereocenters. The average molecular weight is 310 g/mol. The van der Waals surface area contributed by atoms with Gasteiger partial charge in [0.1, 0.15) is 0 Å². The molecule has 0 aliphatic carbocycles. The van der Waals surface area contributed by atoms with E-state index in [2.05, 4.69) is 0 Å². The van der Waals surface area contributed by atoms with Crippen LogP contribution in [0.4, 0.5) is 13.2 Å². The minimum atomic E-state index is -4.15. The van der Waals surface area contributed by atoms with Crippen LogP contribution in [0.5, 0.6) is 0 Å². The molecular formula is C14H17ClF3S+. The lowest BCUT2D eigenvalue weighted by atomic mass is 10.1. The van der Waals surface area contributed by atoms with Crippen LogP contribution in [0.1, 0.15) is 30.2 Å². The van der Waals surface area contributed by atoms with E-state index < -0.39 is 16.0 Å². The van der Waals surface area contributed by atoms with Crippen LogP contribution in [0.3, 0.4) is 0 Å². The molecular weight excluding hydrogens is 293 g/mol. The van der Waals surface area contributed by atoms with Gasteiger partial charge in [0.2, 0.25) is 0 Å². The molecule has 0 aliphatic heterocycles. The van der Waals surface area contributed by atoms with Gasteiger partial charge < -0.3 is 0 Å². The summed E-state index contributed by atoms with van der Waals surface area (Å²) in [6, 6.07) is 6.99. The summed E-state index contributed by atoms with van der Waals surface area (Å²) in [7, 11) is -1.71. The van der Waals surface area contributed by atoms with Gasteiger partial charge in [-0.3, -0.25) is 0 Å². The predicted molar refractivity (Wildman–Crippen MR) is 78.3 cm³/mol. The number of hydrogen-bond donors (Lipinski definition) is 0. The van der Waals surface area contributed by atoms with E-state index in [1.807, 2.05) is 19.9 Å². The molecule has 2 aromatic rings. The molecule has 0 radical (unpaired) electrons. The molecule has 0 bridgehead atoms. The molecule has 2 rings (SSSR count). The first kappa shape index (κ1) is 16.3. The highest BCUT2D eigenvalue weighted by Gasteiger charge is 2.47. The highest BCUT2D eigenvalue weighted by Crippen LogP contribution is 2.51. The van der Waals surface area contributed by atoms with Crippen molar-refractivity contribution < 1.29 is 13.2 Å². The molecule has 5 heteroatoms. The van der Waals surface area contributed by atoms with Gasteiger partial charge in [-0.05, 0) is 25.5 Å². The van der Waals surface area contributed by atoms with Crippen LogP contribution in [0, 0.1) is 6.92 Å². The fraction of sp³-hybridized carbons (Fsp3) is 0.429.